The molecule has 12 nitrogen and oxygen atoms in total. The molecule has 0 atom stereocenters. The molecule has 0 bridgehead atoms. The molecule has 0 rings (SSSR count). The summed E-state index contributed by atoms with van der Waals surface area (Å²) in [6.45, 7) is 5.00. The topological polar surface area (TPSA) is 177 Å². The number of nitrogens with one attached hydrogen (secondary N) is 2. The van der Waals surface area contributed by atoms with Crippen LogP contribution in [-0.2, 0) is 24.0 Å². The Morgan fingerprint density at radius 1 is 0.657 bits per heavy atom. The van der Waals surface area contributed by atoms with Gasteiger partial charge >= 0.3 is 5.97 Å². The number of carbonyl (C=O) groups excluding carboxylic acids is 4. The SMILES string of the molecule is CC(C)CC(=O)N(O)CCCCCNC(=O)CCC(=O)N(O)CCCCCNC(=O)CCC(=O)O. The predicted octanol–water partition coefficient (Wildman–Crippen LogP) is 1.69. The zero-order valence-electron chi connectivity index (χ0n) is 21.0. The number of aliphatic carboxylic acids is 1. The zero-order valence-corrected chi connectivity index (χ0v) is 21.0. The largest absolute Gasteiger partial charge is 0.481 e. The van der Waals surface area contributed by atoms with Crippen molar-refractivity contribution < 1.29 is 39.5 Å². The molecule has 0 aliphatic carbocycles. The lowest BCUT2D eigenvalue weighted by Crippen LogP contribution is -2.31. The molecule has 0 aliphatic heterocycles. The van der Waals surface area contributed by atoms with Crippen molar-refractivity contribution in [3.8, 4) is 0 Å². The third-order valence-electron chi connectivity index (χ3n) is 5.03. The van der Waals surface area contributed by atoms with E-state index in [0.717, 1.165) is 11.5 Å². The summed E-state index contributed by atoms with van der Waals surface area (Å²) in [6.07, 6.45) is 3.71. The zero-order chi connectivity index (χ0) is 26.6. The normalized spacial score (nSPS) is 10.7. The van der Waals surface area contributed by atoms with Crippen LogP contribution in [0.25, 0.3) is 0 Å². The van der Waals surface area contributed by atoms with Crippen LogP contribution in [0.3, 0.4) is 0 Å². The molecule has 0 saturated carbocycles. The second kappa shape index (κ2) is 19.6. The summed E-state index contributed by atoms with van der Waals surface area (Å²) >= 11 is 0. The third-order valence-corrected chi connectivity index (χ3v) is 5.03. The summed E-state index contributed by atoms with van der Waals surface area (Å²) in [5.41, 5.74) is 0. The van der Waals surface area contributed by atoms with Crippen molar-refractivity contribution >= 4 is 29.6 Å². The highest BCUT2D eigenvalue weighted by molar-refractivity contribution is 5.83. The van der Waals surface area contributed by atoms with Crippen molar-refractivity contribution in [3.63, 3.8) is 0 Å². The molecule has 35 heavy (non-hydrogen) atoms. The van der Waals surface area contributed by atoms with Gasteiger partial charge in [0, 0.05) is 51.9 Å². The van der Waals surface area contributed by atoms with Crippen LogP contribution in [0.5, 0.6) is 0 Å². The maximum Gasteiger partial charge on any atom is 0.303 e. The Morgan fingerprint density at radius 3 is 1.57 bits per heavy atom. The van der Waals surface area contributed by atoms with Crippen molar-refractivity contribution in [2.45, 2.75) is 84.5 Å². The van der Waals surface area contributed by atoms with E-state index in [-0.39, 0.29) is 62.4 Å². The predicted molar refractivity (Wildman–Crippen MR) is 126 cm³/mol. The first-order valence-electron chi connectivity index (χ1n) is 12.3. The van der Waals surface area contributed by atoms with E-state index >= 15 is 0 Å². The second-order valence-electron chi connectivity index (χ2n) is 8.85. The molecule has 0 aromatic carbocycles. The van der Waals surface area contributed by atoms with Crippen LogP contribution < -0.4 is 10.6 Å². The minimum absolute atomic E-state index is 0.0353. The van der Waals surface area contributed by atoms with Crippen LogP contribution in [0.1, 0.15) is 84.5 Å². The molecule has 0 aromatic heterocycles. The molecule has 5 N–H and O–H groups in total. The number of nitrogens with zero attached hydrogens (tertiary/aromatic N) is 2. The summed E-state index contributed by atoms with van der Waals surface area (Å²) in [7, 11) is 0. The summed E-state index contributed by atoms with van der Waals surface area (Å²) in [4.78, 5) is 57.2. The number of unbranched alkanes of at least 4 members (excludes halogenated alkanes) is 4. The second-order valence-corrected chi connectivity index (χ2v) is 8.85. The van der Waals surface area contributed by atoms with Gasteiger partial charge in [-0.25, -0.2) is 10.1 Å². The first-order valence-corrected chi connectivity index (χ1v) is 12.3. The molecular weight excluding hydrogens is 460 g/mol. The summed E-state index contributed by atoms with van der Waals surface area (Å²) in [6, 6.07) is 0. The fraction of sp³-hybridized carbons (Fsp3) is 0.783. The lowest BCUT2D eigenvalue weighted by atomic mass is 10.1. The van der Waals surface area contributed by atoms with Gasteiger partial charge in [-0.05, 0) is 44.4 Å². The van der Waals surface area contributed by atoms with E-state index in [4.69, 9.17) is 5.11 Å². The average Bonchev–Trinajstić information content (AvgIpc) is 2.79. The number of carbonyl (C=O) groups is 5. The molecule has 0 heterocycles. The standard InChI is InChI=1S/C23H42N4O8/c1-18(2)17-22(31)27(35)16-8-4-6-13-24-19(28)9-11-21(30)26(34)15-7-3-5-14-25-20(29)10-12-23(32)33/h18,34-35H,3-17H2,1-2H3,(H,24,28)(H,25,29)(H,32,33). The van der Waals surface area contributed by atoms with Crippen LogP contribution in [0, 0.1) is 5.92 Å². The minimum Gasteiger partial charge on any atom is -0.481 e. The van der Waals surface area contributed by atoms with Gasteiger partial charge in [-0.2, -0.15) is 0 Å². The quantitative estimate of drug-likeness (QED) is 0.0948. The highest BCUT2D eigenvalue weighted by atomic mass is 16.5. The van der Waals surface area contributed by atoms with Crippen LogP contribution in [0.4, 0.5) is 0 Å². The molecule has 202 valence electrons. The molecule has 0 unspecified atom stereocenters. The van der Waals surface area contributed by atoms with E-state index in [1.165, 1.54) is 0 Å². The molecule has 4 amide bonds. The number of hydroxylamine groups is 4. The Bertz CT molecular complexity index is 672. The first kappa shape index (κ1) is 32.3. The van der Waals surface area contributed by atoms with Gasteiger partial charge in [0.05, 0.1) is 6.42 Å². The highest BCUT2D eigenvalue weighted by Gasteiger charge is 2.14. The van der Waals surface area contributed by atoms with Crippen molar-refractivity contribution in [1.82, 2.24) is 20.8 Å². The molecular formula is C23H42N4O8. The van der Waals surface area contributed by atoms with E-state index in [9.17, 15) is 34.4 Å². The summed E-state index contributed by atoms with van der Waals surface area (Å²) in [5.74, 6) is -2.30. The molecule has 12 heteroatoms. The van der Waals surface area contributed by atoms with Gasteiger partial charge in [-0.15, -0.1) is 0 Å². The number of carboxylic acid groups (broad SMARTS) is 1. The fourth-order valence-electron chi connectivity index (χ4n) is 3.03. The van der Waals surface area contributed by atoms with Gasteiger partial charge in [0.25, 0.3) is 0 Å². The van der Waals surface area contributed by atoms with E-state index in [2.05, 4.69) is 10.6 Å². The Kier molecular flexibility index (Phi) is 18.0. The van der Waals surface area contributed by atoms with Gasteiger partial charge in [-0.3, -0.25) is 34.4 Å². The van der Waals surface area contributed by atoms with Gasteiger partial charge < -0.3 is 15.7 Å². The van der Waals surface area contributed by atoms with Crippen molar-refractivity contribution in [2.75, 3.05) is 26.2 Å². The lowest BCUT2D eigenvalue weighted by molar-refractivity contribution is -0.166. The Labute approximate surface area is 206 Å². The molecule has 0 saturated heterocycles. The van der Waals surface area contributed by atoms with Crippen molar-refractivity contribution in [1.29, 1.82) is 0 Å². The van der Waals surface area contributed by atoms with Crippen molar-refractivity contribution in [3.05, 3.63) is 0 Å². The number of carboxylic acids is 1. The first-order chi connectivity index (χ1) is 16.5. The summed E-state index contributed by atoms with van der Waals surface area (Å²) in [5, 5.41) is 34.6. The number of amides is 4. The smallest absolute Gasteiger partial charge is 0.303 e. The highest BCUT2D eigenvalue weighted by Crippen LogP contribution is 2.05. The molecule has 0 spiro atoms. The average molecular weight is 503 g/mol. The van der Waals surface area contributed by atoms with Crippen LogP contribution >= 0.6 is 0 Å². The fourth-order valence-corrected chi connectivity index (χ4v) is 3.03. The molecule has 0 aliphatic rings. The molecule has 0 fully saturated rings. The number of hydrogen-bond acceptors (Lipinski definition) is 7. The van der Waals surface area contributed by atoms with Gasteiger partial charge in [-0.1, -0.05) is 13.8 Å². The van der Waals surface area contributed by atoms with Crippen LogP contribution in [0.2, 0.25) is 0 Å². The Balaban J connectivity index is 3.72. The van der Waals surface area contributed by atoms with Crippen LogP contribution in [-0.4, -0.2) is 81.4 Å². The van der Waals surface area contributed by atoms with Crippen molar-refractivity contribution in [2.24, 2.45) is 5.92 Å². The maximum absolute atomic E-state index is 11.9. The van der Waals surface area contributed by atoms with E-state index in [1.807, 2.05) is 13.8 Å². The lowest BCUT2D eigenvalue weighted by Gasteiger charge is -2.16. The number of hydrogen-bond donors (Lipinski definition) is 5. The Hall–Kier alpha value is -2.73. The molecule has 0 aromatic rings. The third kappa shape index (κ3) is 19.3. The monoisotopic (exact) mass is 502 g/mol. The van der Waals surface area contributed by atoms with Crippen LogP contribution in [0.15, 0.2) is 0 Å². The van der Waals surface area contributed by atoms with E-state index < -0.39 is 11.9 Å². The molecule has 0 radical (unpaired) electrons. The minimum atomic E-state index is -1.02. The summed E-state index contributed by atoms with van der Waals surface area (Å²) < 4.78 is 0. The van der Waals surface area contributed by atoms with Gasteiger partial charge in [0.1, 0.15) is 0 Å². The van der Waals surface area contributed by atoms with Gasteiger partial charge in [0.15, 0.2) is 0 Å². The maximum atomic E-state index is 11.9. The van der Waals surface area contributed by atoms with E-state index in [0.29, 0.717) is 56.7 Å². The van der Waals surface area contributed by atoms with Gasteiger partial charge in [0.2, 0.25) is 23.6 Å². The number of rotatable bonds is 20. The Morgan fingerprint density at radius 2 is 1.11 bits per heavy atom. The van der Waals surface area contributed by atoms with E-state index in [1.54, 1.807) is 0 Å².